The van der Waals surface area contributed by atoms with Crippen LogP contribution in [0.2, 0.25) is 0 Å². The van der Waals surface area contributed by atoms with Crippen molar-refractivity contribution in [2.45, 2.75) is 70.9 Å². The fourth-order valence-corrected chi connectivity index (χ4v) is 3.86. The topological polar surface area (TPSA) is 15.3 Å². The van der Waals surface area contributed by atoms with Gasteiger partial charge in [0.05, 0.1) is 0 Å². The van der Waals surface area contributed by atoms with Gasteiger partial charge in [-0.2, -0.15) is 0 Å². The average Bonchev–Trinajstić information content (AvgIpc) is 2.39. The van der Waals surface area contributed by atoms with Crippen molar-refractivity contribution in [3.63, 3.8) is 0 Å². The summed E-state index contributed by atoms with van der Waals surface area (Å²) in [5.74, 6) is 1.88. The molecule has 2 rings (SSSR count). The highest BCUT2D eigenvalue weighted by Gasteiger charge is 2.26. The summed E-state index contributed by atoms with van der Waals surface area (Å²) < 4.78 is 0. The highest BCUT2D eigenvalue weighted by atomic mass is 15.1. The maximum Gasteiger partial charge on any atom is 0.00818 e. The second kappa shape index (κ2) is 6.91. The van der Waals surface area contributed by atoms with Gasteiger partial charge in [0, 0.05) is 18.6 Å². The van der Waals surface area contributed by atoms with Crippen LogP contribution in [0.25, 0.3) is 0 Å². The van der Waals surface area contributed by atoms with E-state index in [2.05, 4.69) is 31.1 Å². The van der Waals surface area contributed by atoms with E-state index in [1.54, 1.807) is 0 Å². The standard InChI is InChI=1S/C16H32N2/c1-4-14-7-9-16(10-8-14)17-13(2)15-6-5-11-18(3)12-15/h13-17H,4-12H2,1-3H3. The van der Waals surface area contributed by atoms with Crippen molar-refractivity contribution in [3.05, 3.63) is 0 Å². The predicted molar refractivity (Wildman–Crippen MR) is 78.9 cm³/mol. The third kappa shape index (κ3) is 3.96. The maximum absolute atomic E-state index is 3.93. The van der Waals surface area contributed by atoms with Crippen LogP contribution in [0, 0.1) is 11.8 Å². The Labute approximate surface area is 114 Å². The molecule has 2 fully saturated rings. The van der Waals surface area contributed by atoms with Gasteiger partial charge < -0.3 is 10.2 Å². The molecule has 0 spiro atoms. The highest BCUT2D eigenvalue weighted by Crippen LogP contribution is 2.27. The van der Waals surface area contributed by atoms with Crippen LogP contribution in [0.15, 0.2) is 0 Å². The number of nitrogens with one attached hydrogen (secondary N) is 1. The summed E-state index contributed by atoms with van der Waals surface area (Å²) in [6.45, 7) is 7.35. The SMILES string of the molecule is CCC1CCC(NC(C)C2CCCN(C)C2)CC1. The lowest BCUT2D eigenvalue weighted by molar-refractivity contribution is 0.163. The van der Waals surface area contributed by atoms with E-state index in [0.717, 1.165) is 17.9 Å². The zero-order chi connectivity index (χ0) is 13.0. The molecular formula is C16H32N2. The van der Waals surface area contributed by atoms with Crippen LogP contribution >= 0.6 is 0 Å². The molecule has 0 amide bonds. The molecule has 2 aliphatic rings. The van der Waals surface area contributed by atoms with Gasteiger partial charge in [-0.05, 0) is 70.9 Å². The van der Waals surface area contributed by atoms with Crippen molar-refractivity contribution in [3.8, 4) is 0 Å². The smallest absolute Gasteiger partial charge is 0.00818 e. The molecule has 0 radical (unpaired) electrons. The maximum atomic E-state index is 3.93. The Morgan fingerprint density at radius 3 is 2.50 bits per heavy atom. The van der Waals surface area contributed by atoms with Crippen LogP contribution in [0.3, 0.4) is 0 Å². The normalized spacial score (nSPS) is 36.5. The molecule has 0 aromatic heterocycles. The summed E-state index contributed by atoms with van der Waals surface area (Å²) in [6.07, 6.45) is 9.90. The van der Waals surface area contributed by atoms with E-state index < -0.39 is 0 Å². The first-order chi connectivity index (χ1) is 8.69. The minimum atomic E-state index is 0.705. The van der Waals surface area contributed by atoms with Gasteiger partial charge in [-0.1, -0.05) is 13.3 Å². The highest BCUT2D eigenvalue weighted by molar-refractivity contribution is 4.84. The summed E-state index contributed by atoms with van der Waals surface area (Å²) in [5.41, 5.74) is 0. The van der Waals surface area contributed by atoms with Gasteiger partial charge in [-0.3, -0.25) is 0 Å². The van der Waals surface area contributed by atoms with Crippen LogP contribution in [0.1, 0.15) is 58.8 Å². The van der Waals surface area contributed by atoms with Gasteiger partial charge in [0.15, 0.2) is 0 Å². The summed E-state index contributed by atoms with van der Waals surface area (Å²) in [7, 11) is 2.27. The van der Waals surface area contributed by atoms with Gasteiger partial charge in [-0.25, -0.2) is 0 Å². The molecule has 18 heavy (non-hydrogen) atoms. The molecule has 1 saturated carbocycles. The van der Waals surface area contributed by atoms with Crippen molar-refractivity contribution in [1.82, 2.24) is 10.2 Å². The minimum absolute atomic E-state index is 0.705. The summed E-state index contributed by atoms with van der Waals surface area (Å²) >= 11 is 0. The molecule has 0 aromatic carbocycles. The van der Waals surface area contributed by atoms with Crippen molar-refractivity contribution in [2.24, 2.45) is 11.8 Å². The molecule has 1 aliphatic carbocycles. The van der Waals surface area contributed by atoms with Crippen LogP contribution in [0.4, 0.5) is 0 Å². The summed E-state index contributed by atoms with van der Waals surface area (Å²) in [4.78, 5) is 2.50. The third-order valence-electron chi connectivity index (χ3n) is 5.29. The Kier molecular flexibility index (Phi) is 5.50. The molecule has 2 nitrogen and oxygen atoms in total. The Hall–Kier alpha value is -0.0800. The van der Waals surface area contributed by atoms with Crippen LogP contribution in [0.5, 0.6) is 0 Å². The second-order valence-electron chi connectivity index (χ2n) is 6.75. The van der Waals surface area contributed by atoms with E-state index in [-0.39, 0.29) is 0 Å². The molecule has 1 heterocycles. The Bertz CT molecular complexity index is 233. The van der Waals surface area contributed by atoms with Gasteiger partial charge in [-0.15, -0.1) is 0 Å². The van der Waals surface area contributed by atoms with Gasteiger partial charge in [0.1, 0.15) is 0 Å². The summed E-state index contributed by atoms with van der Waals surface area (Å²) in [6, 6.07) is 1.51. The van der Waals surface area contributed by atoms with Crippen molar-refractivity contribution >= 4 is 0 Å². The van der Waals surface area contributed by atoms with E-state index in [4.69, 9.17) is 0 Å². The Morgan fingerprint density at radius 2 is 1.89 bits per heavy atom. The molecule has 106 valence electrons. The number of nitrogens with zero attached hydrogens (tertiary/aromatic N) is 1. The van der Waals surface area contributed by atoms with E-state index in [1.807, 2.05) is 0 Å². The van der Waals surface area contributed by atoms with Crippen LogP contribution in [-0.4, -0.2) is 37.1 Å². The van der Waals surface area contributed by atoms with Crippen molar-refractivity contribution in [1.29, 1.82) is 0 Å². The first-order valence-electron chi connectivity index (χ1n) is 8.13. The van der Waals surface area contributed by atoms with Gasteiger partial charge in [0.2, 0.25) is 0 Å². The van der Waals surface area contributed by atoms with E-state index in [1.165, 1.54) is 58.0 Å². The Morgan fingerprint density at radius 1 is 1.17 bits per heavy atom. The molecule has 1 aliphatic heterocycles. The third-order valence-corrected chi connectivity index (χ3v) is 5.29. The zero-order valence-electron chi connectivity index (χ0n) is 12.6. The lowest BCUT2D eigenvalue weighted by Crippen LogP contribution is -2.47. The first-order valence-corrected chi connectivity index (χ1v) is 8.13. The van der Waals surface area contributed by atoms with Crippen molar-refractivity contribution < 1.29 is 0 Å². The average molecular weight is 252 g/mol. The number of rotatable bonds is 4. The number of hydrogen-bond acceptors (Lipinski definition) is 2. The molecule has 0 aromatic rings. The minimum Gasteiger partial charge on any atom is -0.311 e. The second-order valence-corrected chi connectivity index (χ2v) is 6.75. The number of likely N-dealkylation sites (tertiary alicyclic amines) is 1. The molecule has 2 atom stereocenters. The molecule has 1 saturated heterocycles. The first kappa shape index (κ1) is 14.3. The van der Waals surface area contributed by atoms with E-state index in [0.29, 0.717) is 6.04 Å². The predicted octanol–water partition coefficient (Wildman–Crippen LogP) is 3.28. The van der Waals surface area contributed by atoms with Crippen LogP contribution in [-0.2, 0) is 0 Å². The lowest BCUT2D eigenvalue weighted by Gasteiger charge is -2.37. The van der Waals surface area contributed by atoms with Crippen molar-refractivity contribution in [2.75, 3.05) is 20.1 Å². The quantitative estimate of drug-likeness (QED) is 0.826. The fourth-order valence-electron chi connectivity index (χ4n) is 3.86. The summed E-state index contributed by atoms with van der Waals surface area (Å²) in [5, 5.41) is 3.93. The lowest BCUT2D eigenvalue weighted by atomic mass is 9.83. The largest absolute Gasteiger partial charge is 0.311 e. The van der Waals surface area contributed by atoms with Crippen LogP contribution < -0.4 is 5.32 Å². The van der Waals surface area contributed by atoms with Gasteiger partial charge >= 0.3 is 0 Å². The monoisotopic (exact) mass is 252 g/mol. The number of hydrogen-bond donors (Lipinski definition) is 1. The van der Waals surface area contributed by atoms with Gasteiger partial charge in [0.25, 0.3) is 0 Å². The number of piperidine rings is 1. The van der Waals surface area contributed by atoms with E-state index in [9.17, 15) is 0 Å². The molecule has 1 N–H and O–H groups in total. The molecule has 0 bridgehead atoms. The fraction of sp³-hybridized carbons (Fsp3) is 1.00. The molecule has 2 heteroatoms. The van der Waals surface area contributed by atoms with E-state index >= 15 is 0 Å². The molecular weight excluding hydrogens is 220 g/mol. The molecule has 2 unspecified atom stereocenters. The zero-order valence-corrected chi connectivity index (χ0v) is 12.6. The Balaban J connectivity index is 1.72.